The Kier molecular flexibility index (Phi) is 6.10. The lowest BCUT2D eigenvalue weighted by Gasteiger charge is -2.62. The van der Waals surface area contributed by atoms with Crippen molar-refractivity contribution in [1.82, 2.24) is 0 Å². The summed E-state index contributed by atoms with van der Waals surface area (Å²) in [5, 5.41) is 20.9. The number of carbonyl (C=O) groups is 1. The molecule has 7 atom stereocenters. The lowest BCUT2D eigenvalue weighted by Crippen LogP contribution is -2.55. The molecule has 0 heterocycles. The predicted molar refractivity (Wildman–Crippen MR) is 135 cm³/mol. The molecule has 33 heavy (non-hydrogen) atoms. The molecule has 0 spiro atoms. The quantitative estimate of drug-likeness (QED) is 0.443. The molecule has 4 rings (SSSR count). The Labute approximate surface area is 202 Å². The van der Waals surface area contributed by atoms with Crippen LogP contribution in [-0.4, -0.2) is 27.7 Å². The van der Waals surface area contributed by atoms with Crippen LogP contribution in [0.15, 0.2) is 11.1 Å². The van der Waals surface area contributed by atoms with Gasteiger partial charge in [0, 0.05) is 6.42 Å². The number of aliphatic hydroxyl groups is 2. The van der Waals surface area contributed by atoms with E-state index in [2.05, 4.69) is 41.5 Å². The second-order valence-corrected chi connectivity index (χ2v) is 14.2. The minimum atomic E-state index is -1.21. The Hall–Kier alpha value is -0.670. The topological polar surface area (TPSA) is 57.5 Å². The number of fused-ring (bicyclic) bond motifs is 4. The van der Waals surface area contributed by atoms with Crippen LogP contribution in [0.1, 0.15) is 120 Å². The minimum absolute atomic E-state index is 0.00701. The first-order valence-corrected chi connectivity index (χ1v) is 13.8. The summed E-state index contributed by atoms with van der Waals surface area (Å²) >= 11 is 0. The predicted octanol–water partition coefficient (Wildman–Crippen LogP) is 6.85. The van der Waals surface area contributed by atoms with Crippen LogP contribution < -0.4 is 0 Å². The maximum Gasteiger partial charge on any atom is 0.163 e. The van der Waals surface area contributed by atoms with Crippen LogP contribution in [0.25, 0.3) is 0 Å². The molecule has 2 N–H and O–H groups in total. The number of ketones is 1. The van der Waals surface area contributed by atoms with Crippen molar-refractivity contribution in [3.05, 3.63) is 11.1 Å². The van der Waals surface area contributed by atoms with Gasteiger partial charge in [0.15, 0.2) is 5.78 Å². The second-order valence-electron chi connectivity index (χ2n) is 14.2. The SMILES string of the molecule is C[C@H](CCC(=O)C(C)(C)O)[C@H]1CC[C@@]2(C)C3=C(CC[C@]12C)[C@@]1(C)CC[C@H](O)C(C)(C)[C@@H]1CC3. The van der Waals surface area contributed by atoms with E-state index < -0.39 is 5.60 Å². The number of hydrogen-bond donors (Lipinski definition) is 2. The fourth-order valence-electron chi connectivity index (χ4n) is 9.49. The molecular formula is C30H50O3. The van der Waals surface area contributed by atoms with Gasteiger partial charge >= 0.3 is 0 Å². The highest BCUT2D eigenvalue weighted by atomic mass is 16.3. The molecule has 4 aliphatic rings. The molecule has 0 radical (unpaired) electrons. The van der Waals surface area contributed by atoms with E-state index in [1.54, 1.807) is 25.0 Å². The molecule has 0 aliphatic heterocycles. The minimum Gasteiger partial charge on any atom is -0.393 e. The van der Waals surface area contributed by atoms with Crippen molar-refractivity contribution in [3.8, 4) is 0 Å². The van der Waals surface area contributed by atoms with Gasteiger partial charge in [-0.2, -0.15) is 0 Å². The number of Topliss-reactive ketones (excluding diaryl/α,β-unsaturated/α-hetero) is 1. The maximum atomic E-state index is 12.4. The first-order valence-electron chi connectivity index (χ1n) is 13.8. The van der Waals surface area contributed by atoms with E-state index in [-0.39, 0.29) is 33.5 Å². The van der Waals surface area contributed by atoms with Crippen molar-refractivity contribution in [2.75, 3.05) is 0 Å². The molecule has 188 valence electrons. The summed E-state index contributed by atoms with van der Waals surface area (Å²) in [6.45, 7) is 17.9. The summed E-state index contributed by atoms with van der Waals surface area (Å²) in [4.78, 5) is 12.4. The fourth-order valence-corrected chi connectivity index (χ4v) is 9.49. The fraction of sp³-hybridized carbons (Fsp3) is 0.900. The highest BCUT2D eigenvalue weighted by Gasteiger charge is 2.63. The third kappa shape index (κ3) is 3.62. The maximum absolute atomic E-state index is 12.4. The third-order valence-electron chi connectivity index (χ3n) is 12.0. The molecule has 0 aromatic carbocycles. The lowest BCUT2D eigenvalue weighted by atomic mass is 9.43. The normalized spacial score (nSPS) is 43.5. The molecule has 3 nitrogen and oxygen atoms in total. The van der Waals surface area contributed by atoms with Gasteiger partial charge in [0.1, 0.15) is 5.60 Å². The number of allylic oxidation sites excluding steroid dienone is 2. The largest absolute Gasteiger partial charge is 0.393 e. The van der Waals surface area contributed by atoms with Crippen molar-refractivity contribution >= 4 is 5.78 Å². The lowest BCUT2D eigenvalue weighted by molar-refractivity contribution is -0.134. The van der Waals surface area contributed by atoms with E-state index in [0.717, 1.165) is 19.3 Å². The van der Waals surface area contributed by atoms with E-state index in [1.165, 1.54) is 38.5 Å². The number of rotatable bonds is 5. The van der Waals surface area contributed by atoms with Crippen LogP contribution in [0.5, 0.6) is 0 Å². The van der Waals surface area contributed by atoms with Crippen molar-refractivity contribution in [3.63, 3.8) is 0 Å². The van der Waals surface area contributed by atoms with E-state index in [4.69, 9.17) is 0 Å². The highest BCUT2D eigenvalue weighted by Crippen LogP contribution is 2.72. The molecular weight excluding hydrogens is 408 g/mol. The zero-order valence-corrected chi connectivity index (χ0v) is 22.7. The van der Waals surface area contributed by atoms with E-state index in [1.807, 2.05) is 0 Å². The van der Waals surface area contributed by atoms with E-state index >= 15 is 0 Å². The molecule has 4 aliphatic carbocycles. The van der Waals surface area contributed by atoms with Crippen LogP contribution in [-0.2, 0) is 4.79 Å². The Morgan fingerprint density at radius 3 is 2.30 bits per heavy atom. The van der Waals surface area contributed by atoms with Gasteiger partial charge in [0.2, 0.25) is 0 Å². The molecule has 0 aromatic heterocycles. The van der Waals surface area contributed by atoms with Crippen molar-refractivity contribution in [2.24, 2.45) is 39.4 Å². The Balaban J connectivity index is 1.61. The molecule has 0 amide bonds. The van der Waals surface area contributed by atoms with Gasteiger partial charge in [-0.15, -0.1) is 0 Å². The highest BCUT2D eigenvalue weighted by molar-refractivity contribution is 5.86. The van der Waals surface area contributed by atoms with Gasteiger partial charge in [-0.05, 0) is 111 Å². The second kappa shape index (κ2) is 7.92. The summed E-state index contributed by atoms with van der Waals surface area (Å²) in [6, 6.07) is 0. The first-order chi connectivity index (χ1) is 15.1. The van der Waals surface area contributed by atoms with Gasteiger partial charge in [-0.25, -0.2) is 0 Å². The van der Waals surface area contributed by atoms with Crippen LogP contribution in [0.4, 0.5) is 0 Å². The molecule has 0 saturated heterocycles. The number of aliphatic hydroxyl groups excluding tert-OH is 1. The number of carbonyl (C=O) groups excluding carboxylic acids is 1. The molecule has 3 heteroatoms. The van der Waals surface area contributed by atoms with Crippen molar-refractivity contribution < 1.29 is 15.0 Å². The zero-order valence-electron chi connectivity index (χ0n) is 22.7. The standard InChI is InChI=1S/C30H50O3/c1-19(9-12-25(32)27(4,5)33)20-13-17-30(8)22-10-11-23-26(2,3)24(31)15-16-28(23,6)21(22)14-18-29(20,30)7/h19-20,23-24,31,33H,9-18H2,1-8H3/t19-,20-,23+,24+,28-,29-,30+/m1/s1. The average Bonchev–Trinajstić information content (AvgIpc) is 3.00. The Bertz CT molecular complexity index is 832. The van der Waals surface area contributed by atoms with Crippen LogP contribution in [0.3, 0.4) is 0 Å². The first kappa shape index (κ1) is 25.4. The summed E-state index contributed by atoms with van der Waals surface area (Å²) in [6.07, 6.45) is 10.7. The van der Waals surface area contributed by atoms with E-state index in [9.17, 15) is 15.0 Å². The van der Waals surface area contributed by atoms with Gasteiger partial charge < -0.3 is 10.2 Å². The monoisotopic (exact) mass is 458 g/mol. The van der Waals surface area contributed by atoms with Crippen molar-refractivity contribution in [2.45, 2.75) is 131 Å². The molecule has 0 unspecified atom stereocenters. The molecule has 2 fully saturated rings. The van der Waals surface area contributed by atoms with Crippen LogP contribution in [0.2, 0.25) is 0 Å². The van der Waals surface area contributed by atoms with Gasteiger partial charge in [0.25, 0.3) is 0 Å². The molecule has 0 aromatic rings. The summed E-state index contributed by atoms with van der Waals surface area (Å²) in [5.41, 5.74) is 3.11. The summed E-state index contributed by atoms with van der Waals surface area (Å²) < 4.78 is 0. The van der Waals surface area contributed by atoms with Crippen LogP contribution >= 0.6 is 0 Å². The molecule has 2 saturated carbocycles. The summed E-state index contributed by atoms with van der Waals surface area (Å²) in [7, 11) is 0. The van der Waals surface area contributed by atoms with E-state index in [0.29, 0.717) is 24.2 Å². The number of hydrogen-bond acceptors (Lipinski definition) is 3. The third-order valence-corrected chi connectivity index (χ3v) is 12.0. The molecule has 0 bridgehead atoms. The summed E-state index contributed by atoms with van der Waals surface area (Å²) in [5.74, 6) is 1.69. The Morgan fingerprint density at radius 2 is 1.67 bits per heavy atom. The smallest absolute Gasteiger partial charge is 0.163 e. The zero-order chi connectivity index (χ0) is 24.6. The van der Waals surface area contributed by atoms with Gasteiger partial charge in [-0.1, -0.05) is 52.7 Å². The Morgan fingerprint density at radius 1 is 1.00 bits per heavy atom. The van der Waals surface area contributed by atoms with Crippen molar-refractivity contribution in [1.29, 1.82) is 0 Å². The van der Waals surface area contributed by atoms with Crippen LogP contribution in [0, 0.1) is 39.4 Å². The van der Waals surface area contributed by atoms with Gasteiger partial charge in [-0.3, -0.25) is 4.79 Å². The van der Waals surface area contributed by atoms with Gasteiger partial charge in [0.05, 0.1) is 6.10 Å². The average molecular weight is 459 g/mol.